The van der Waals surface area contributed by atoms with Gasteiger partial charge in [0.25, 0.3) is 0 Å². The zero-order valence-corrected chi connectivity index (χ0v) is 15.9. The van der Waals surface area contributed by atoms with Crippen molar-refractivity contribution in [1.82, 2.24) is 9.88 Å². The number of thiazole rings is 1. The van der Waals surface area contributed by atoms with Gasteiger partial charge in [0, 0.05) is 54.6 Å². The molecule has 2 aliphatic heterocycles. The molecule has 0 radical (unpaired) electrons. The minimum absolute atomic E-state index is 0.245. The van der Waals surface area contributed by atoms with Crippen molar-refractivity contribution < 1.29 is 4.79 Å². The molecule has 0 bridgehead atoms. The fourth-order valence-corrected chi connectivity index (χ4v) is 5.43. The van der Waals surface area contributed by atoms with Crippen LogP contribution >= 0.6 is 11.3 Å². The van der Waals surface area contributed by atoms with E-state index in [-0.39, 0.29) is 5.91 Å². The van der Waals surface area contributed by atoms with Gasteiger partial charge in [-0.3, -0.25) is 9.69 Å². The Balaban J connectivity index is 1.32. The lowest BCUT2D eigenvalue weighted by Crippen LogP contribution is -2.41. The van der Waals surface area contributed by atoms with E-state index in [1.165, 1.54) is 41.9 Å². The highest BCUT2D eigenvalue weighted by molar-refractivity contribution is 7.15. The molecule has 1 aromatic carbocycles. The number of benzene rings is 1. The van der Waals surface area contributed by atoms with Gasteiger partial charge in [-0.15, -0.1) is 11.3 Å². The Morgan fingerprint density at radius 3 is 2.46 bits per heavy atom. The van der Waals surface area contributed by atoms with Crippen LogP contribution in [0, 0.1) is 0 Å². The summed E-state index contributed by atoms with van der Waals surface area (Å²) in [5.41, 5.74) is 3.51. The van der Waals surface area contributed by atoms with E-state index in [0.29, 0.717) is 6.42 Å². The number of carbonyl (C=O) groups is 1. The molecule has 0 atom stereocenters. The zero-order valence-electron chi connectivity index (χ0n) is 15.1. The first-order chi connectivity index (χ1) is 12.8. The Morgan fingerprint density at radius 1 is 0.962 bits per heavy atom. The van der Waals surface area contributed by atoms with Gasteiger partial charge in [-0.1, -0.05) is 6.42 Å². The average molecular weight is 368 g/mol. The quantitative estimate of drug-likeness (QED) is 0.826. The van der Waals surface area contributed by atoms with Gasteiger partial charge >= 0.3 is 0 Å². The third kappa shape index (κ3) is 2.97. The summed E-state index contributed by atoms with van der Waals surface area (Å²) in [5.74, 6) is 0.245. The third-order valence-corrected chi connectivity index (χ3v) is 7.34. The Morgan fingerprint density at radius 2 is 1.77 bits per heavy atom. The summed E-state index contributed by atoms with van der Waals surface area (Å²) >= 11 is 1.86. The summed E-state index contributed by atoms with van der Waals surface area (Å²) in [5, 5.41) is 1.13. The predicted octanol–water partition coefficient (Wildman–Crippen LogP) is 3.89. The Hall–Kier alpha value is -1.72. The maximum absolute atomic E-state index is 11.9. The van der Waals surface area contributed by atoms with Crippen molar-refractivity contribution in [2.75, 3.05) is 24.5 Å². The average Bonchev–Trinajstić information content (AvgIpc) is 3.17. The van der Waals surface area contributed by atoms with Gasteiger partial charge in [0.2, 0.25) is 5.91 Å². The second kappa shape index (κ2) is 6.78. The minimum Gasteiger partial charge on any atom is -0.312 e. The van der Waals surface area contributed by atoms with Gasteiger partial charge in [0.05, 0.1) is 5.69 Å². The number of nitrogens with zero attached hydrogens (tertiary/aromatic N) is 3. The normalized spacial score (nSPS) is 21.5. The number of hydrogen-bond acceptors (Lipinski definition) is 4. The van der Waals surface area contributed by atoms with Crippen molar-refractivity contribution in [3.05, 3.63) is 34.8 Å². The van der Waals surface area contributed by atoms with Crippen molar-refractivity contribution in [2.24, 2.45) is 0 Å². The molecule has 1 saturated carbocycles. The van der Waals surface area contributed by atoms with E-state index >= 15 is 0 Å². The Kier molecular flexibility index (Phi) is 4.29. The Labute approximate surface area is 158 Å². The molecule has 0 unspecified atom stereocenters. The lowest BCUT2D eigenvalue weighted by molar-refractivity contribution is -0.117. The second-order valence-corrected chi connectivity index (χ2v) is 8.79. The molecule has 1 aromatic heterocycles. The molecule has 1 saturated heterocycles. The summed E-state index contributed by atoms with van der Waals surface area (Å²) in [6.45, 7) is 3.20. The minimum atomic E-state index is 0.245. The maximum Gasteiger partial charge on any atom is 0.227 e. The fraction of sp³-hybridized carbons (Fsp3) is 0.524. The molecule has 0 N–H and O–H groups in total. The number of hydrogen-bond donors (Lipinski definition) is 0. The fourth-order valence-electron chi connectivity index (χ4n) is 4.33. The molecule has 5 rings (SSSR count). The highest BCUT2D eigenvalue weighted by Crippen LogP contribution is 2.33. The highest BCUT2D eigenvalue weighted by Gasteiger charge is 2.27. The van der Waals surface area contributed by atoms with E-state index in [9.17, 15) is 4.79 Å². The van der Waals surface area contributed by atoms with Crippen LogP contribution < -0.4 is 4.90 Å². The molecule has 3 heterocycles. The monoisotopic (exact) mass is 367 g/mol. The molecule has 4 nitrogen and oxygen atoms in total. The van der Waals surface area contributed by atoms with Crippen LogP contribution in [0.3, 0.4) is 0 Å². The van der Waals surface area contributed by atoms with Crippen LogP contribution in [0.4, 0.5) is 5.69 Å². The lowest BCUT2D eigenvalue weighted by Gasteiger charge is -2.36. The van der Waals surface area contributed by atoms with Gasteiger partial charge in [0.15, 0.2) is 0 Å². The lowest BCUT2D eigenvalue weighted by atomic mass is 9.91. The highest BCUT2D eigenvalue weighted by atomic mass is 32.1. The molecule has 26 heavy (non-hydrogen) atoms. The number of fused-ring (bicyclic) bond motifs is 1. The summed E-state index contributed by atoms with van der Waals surface area (Å²) in [7, 11) is 0. The van der Waals surface area contributed by atoms with Crippen LogP contribution in [-0.4, -0.2) is 41.5 Å². The van der Waals surface area contributed by atoms with Crippen LogP contribution in [0.25, 0.3) is 10.6 Å². The molecule has 3 aliphatic rings. The summed E-state index contributed by atoms with van der Waals surface area (Å²) in [6, 6.07) is 9.23. The summed E-state index contributed by atoms with van der Waals surface area (Å²) < 4.78 is 0. The molecular formula is C21H25N3OS. The van der Waals surface area contributed by atoms with Crippen molar-refractivity contribution in [2.45, 2.75) is 51.0 Å². The van der Waals surface area contributed by atoms with E-state index < -0.39 is 0 Å². The van der Waals surface area contributed by atoms with Crippen molar-refractivity contribution in [3.8, 4) is 10.6 Å². The molecule has 1 aliphatic carbocycles. The SMILES string of the molecule is O=C1CCCN1c1ccc(-c2nc3c(s2)CCN(C2CCC2)CC3)cc1. The van der Waals surface area contributed by atoms with Crippen molar-refractivity contribution in [3.63, 3.8) is 0 Å². The van der Waals surface area contributed by atoms with Crippen LogP contribution in [0.2, 0.25) is 0 Å². The van der Waals surface area contributed by atoms with Crippen LogP contribution in [0.1, 0.15) is 42.7 Å². The van der Waals surface area contributed by atoms with Gasteiger partial charge in [-0.25, -0.2) is 4.98 Å². The van der Waals surface area contributed by atoms with E-state index in [1.807, 2.05) is 16.2 Å². The third-order valence-electron chi connectivity index (χ3n) is 6.13. The number of anilines is 1. The van der Waals surface area contributed by atoms with E-state index in [2.05, 4.69) is 29.2 Å². The number of amides is 1. The summed E-state index contributed by atoms with van der Waals surface area (Å²) in [6.07, 6.45) is 8.06. The van der Waals surface area contributed by atoms with E-state index in [4.69, 9.17) is 4.98 Å². The van der Waals surface area contributed by atoms with Crippen LogP contribution in [0.15, 0.2) is 24.3 Å². The Bertz CT molecular complexity index is 784. The standard InChI is InChI=1S/C21H25N3OS/c25-20-5-2-12-24(20)17-8-6-15(7-9-17)21-22-18-10-13-23(16-3-1-4-16)14-11-19(18)26-21/h6-9,16H,1-5,10-14H2. The molecular weight excluding hydrogens is 342 g/mol. The first-order valence-corrected chi connectivity index (χ1v) is 10.7. The molecule has 0 spiro atoms. The van der Waals surface area contributed by atoms with Gasteiger partial charge < -0.3 is 4.90 Å². The number of aromatic nitrogens is 1. The smallest absolute Gasteiger partial charge is 0.227 e. The zero-order chi connectivity index (χ0) is 17.5. The number of carbonyl (C=O) groups excluding carboxylic acids is 1. The van der Waals surface area contributed by atoms with Crippen LogP contribution in [0.5, 0.6) is 0 Å². The van der Waals surface area contributed by atoms with Gasteiger partial charge in [-0.05, 0) is 49.9 Å². The second-order valence-electron chi connectivity index (χ2n) is 7.71. The molecule has 5 heteroatoms. The van der Waals surface area contributed by atoms with E-state index in [0.717, 1.165) is 49.1 Å². The van der Waals surface area contributed by atoms with Crippen molar-refractivity contribution in [1.29, 1.82) is 0 Å². The topological polar surface area (TPSA) is 36.4 Å². The van der Waals surface area contributed by atoms with Crippen molar-refractivity contribution >= 4 is 22.9 Å². The van der Waals surface area contributed by atoms with Gasteiger partial charge in [-0.2, -0.15) is 0 Å². The van der Waals surface area contributed by atoms with E-state index in [1.54, 1.807) is 0 Å². The number of rotatable bonds is 3. The summed E-state index contributed by atoms with van der Waals surface area (Å²) in [4.78, 5) is 22.9. The largest absolute Gasteiger partial charge is 0.312 e. The molecule has 2 fully saturated rings. The first kappa shape index (κ1) is 16.5. The maximum atomic E-state index is 11.9. The predicted molar refractivity (Wildman–Crippen MR) is 106 cm³/mol. The first-order valence-electron chi connectivity index (χ1n) is 9.91. The van der Waals surface area contributed by atoms with Gasteiger partial charge in [0.1, 0.15) is 5.01 Å². The molecule has 2 aromatic rings. The van der Waals surface area contributed by atoms with Crippen LogP contribution in [-0.2, 0) is 17.6 Å². The molecule has 1 amide bonds. The molecule has 136 valence electrons.